The molecule has 1 fully saturated rings. The van der Waals surface area contributed by atoms with Gasteiger partial charge in [0.15, 0.2) is 0 Å². The molecule has 0 aromatic heterocycles. The van der Waals surface area contributed by atoms with Crippen LogP contribution in [0.15, 0.2) is 16.6 Å². The minimum atomic E-state index is -0.426. The predicted molar refractivity (Wildman–Crippen MR) is 88.6 cm³/mol. The molecule has 3 atom stereocenters. The van der Waals surface area contributed by atoms with Crippen molar-refractivity contribution < 1.29 is 9.90 Å². The molecule has 1 amide bonds. The fourth-order valence-electron chi connectivity index (χ4n) is 3.72. The number of aliphatic hydroxyl groups excluding tert-OH is 1. The zero-order valence-electron chi connectivity index (χ0n) is 13.4. The van der Waals surface area contributed by atoms with Gasteiger partial charge >= 0.3 is 0 Å². The van der Waals surface area contributed by atoms with Crippen molar-refractivity contribution in [2.75, 3.05) is 19.6 Å². The van der Waals surface area contributed by atoms with E-state index in [4.69, 9.17) is 11.5 Å². The van der Waals surface area contributed by atoms with Crippen molar-refractivity contribution in [2.24, 2.45) is 22.4 Å². The fourth-order valence-corrected chi connectivity index (χ4v) is 3.72. The van der Waals surface area contributed by atoms with Gasteiger partial charge in [-0.05, 0) is 38.0 Å². The van der Waals surface area contributed by atoms with E-state index in [2.05, 4.69) is 16.4 Å². The number of nitrogens with two attached hydrogens (primary N) is 2. The van der Waals surface area contributed by atoms with Gasteiger partial charge in [0.2, 0.25) is 0 Å². The van der Waals surface area contributed by atoms with E-state index in [1.807, 2.05) is 4.90 Å². The van der Waals surface area contributed by atoms with Crippen LogP contribution in [0.25, 0.3) is 0 Å². The van der Waals surface area contributed by atoms with Crippen LogP contribution in [0.4, 0.5) is 0 Å². The SMILES string of the molecule is NC(N)N1CC=C(CCNC(=O)C2=NC3CC(O)CCC3C2)C1. The number of aliphatic imine (C=N–C) groups is 1. The summed E-state index contributed by atoms with van der Waals surface area (Å²) >= 11 is 0. The lowest BCUT2D eigenvalue weighted by atomic mass is 9.83. The molecular weight excluding hydrogens is 294 g/mol. The van der Waals surface area contributed by atoms with Crippen molar-refractivity contribution in [2.45, 2.75) is 50.5 Å². The van der Waals surface area contributed by atoms with E-state index in [-0.39, 0.29) is 18.1 Å². The Balaban J connectivity index is 1.41. The highest BCUT2D eigenvalue weighted by molar-refractivity contribution is 6.39. The van der Waals surface area contributed by atoms with Crippen LogP contribution < -0.4 is 16.8 Å². The summed E-state index contributed by atoms with van der Waals surface area (Å²) in [4.78, 5) is 18.8. The number of rotatable bonds is 5. The molecule has 3 rings (SSSR count). The van der Waals surface area contributed by atoms with Crippen molar-refractivity contribution in [1.82, 2.24) is 10.2 Å². The summed E-state index contributed by atoms with van der Waals surface area (Å²) in [6.45, 7) is 2.16. The average molecular weight is 321 g/mol. The predicted octanol–water partition coefficient (Wildman–Crippen LogP) is -0.690. The molecular formula is C16H27N5O2. The van der Waals surface area contributed by atoms with Gasteiger partial charge in [0.05, 0.1) is 12.1 Å². The third-order valence-electron chi connectivity index (χ3n) is 5.14. The lowest BCUT2D eigenvalue weighted by molar-refractivity contribution is -0.114. The molecule has 2 aliphatic heterocycles. The highest BCUT2D eigenvalue weighted by Gasteiger charge is 2.36. The second-order valence-electron chi connectivity index (χ2n) is 6.86. The van der Waals surface area contributed by atoms with E-state index in [9.17, 15) is 9.90 Å². The van der Waals surface area contributed by atoms with Crippen LogP contribution in [0.3, 0.4) is 0 Å². The number of amides is 1. The first-order valence-corrected chi connectivity index (χ1v) is 8.49. The fraction of sp³-hybridized carbons (Fsp3) is 0.750. The molecule has 0 saturated heterocycles. The first-order valence-electron chi connectivity index (χ1n) is 8.49. The molecule has 1 aliphatic carbocycles. The van der Waals surface area contributed by atoms with Gasteiger partial charge in [0.1, 0.15) is 12.0 Å². The monoisotopic (exact) mass is 321 g/mol. The first-order chi connectivity index (χ1) is 11.0. The minimum absolute atomic E-state index is 0.0557. The summed E-state index contributed by atoms with van der Waals surface area (Å²) in [5, 5.41) is 12.7. The largest absolute Gasteiger partial charge is 0.393 e. The second kappa shape index (κ2) is 7.09. The van der Waals surface area contributed by atoms with Crippen LogP contribution >= 0.6 is 0 Å². The van der Waals surface area contributed by atoms with Crippen molar-refractivity contribution >= 4 is 11.6 Å². The summed E-state index contributed by atoms with van der Waals surface area (Å²) in [7, 11) is 0. The molecule has 7 heteroatoms. The van der Waals surface area contributed by atoms with Crippen LogP contribution in [0.5, 0.6) is 0 Å². The number of nitrogens with zero attached hydrogens (tertiary/aromatic N) is 2. The highest BCUT2D eigenvalue weighted by atomic mass is 16.3. The maximum Gasteiger partial charge on any atom is 0.265 e. The number of fused-ring (bicyclic) bond motifs is 1. The van der Waals surface area contributed by atoms with Gasteiger partial charge in [-0.25, -0.2) is 0 Å². The van der Waals surface area contributed by atoms with E-state index in [0.29, 0.717) is 24.6 Å². The Bertz CT molecular complexity index is 517. The smallest absolute Gasteiger partial charge is 0.265 e. The Morgan fingerprint density at radius 2 is 2.30 bits per heavy atom. The number of nitrogens with one attached hydrogen (secondary N) is 1. The van der Waals surface area contributed by atoms with E-state index in [1.165, 1.54) is 5.57 Å². The Morgan fingerprint density at radius 1 is 1.48 bits per heavy atom. The maximum atomic E-state index is 12.2. The third-order valence-corrected chi connectivity index (χ3v) is 5.14. The molecule has 0 bridgehead atoms. The molecule has 1 saturated carbocycles. The van der Waals surface area contributed by atoms with Crippen LogP contribution in [-0.4, -0.2) is 59.7 Å². The Morgan fingerprint density at radius 3 is 3.04 bits per heavy atom. The second-order valence-corrected chi connectivity index (χ2v) is 6.86. The number of hydrogen-bond acceptors (Lipinski definition) is 6. The summed E-state index contributed by atoms with van der Waals surface area (Å²) in [6.07, 6.45) is 5.51. The molecule has 0 aromatic rings. The molecule has 7 nitrogen and oxygen atoms in total. The van der Waals surface area contributed by atoms with Crippen molar-refractivity contribution in [3.05, 3.63) is 11.6 Å². The van der Waals surface area contributed by atoms with Crippen LogP contribution in [-0.2, 0) is 4.79 Å². The van der Waals surface area contributed by atoms with E-state index in [1.54, 1.807) is 0 Å². The lowest BCUT2D eigenvalue weighted by Gasteiger charge is -2.26. The summed E-state index contributed by atoms with van der Waals surface area (Å²) < 4.78 is 0. The average Bonchev–Trinajstić information content (AvgIpc) is 3.13. The van der Waals surface area contributed by atoms with Crippen LogP contribution in [0.1, 0.15) is 32.1 Å². The summed E-state index contributed by atoms with van der Waals surface area (Å²) in [6, 6.07) is 0.136. The standard InChI is InChI=1S/C16H27N5O2/c17-16(18)21-6-4-10(9-21)3-5-19-15(23)14-7-11-1-2-12(22)8-13(11)20-14/h4,11-13,16,22H,1-3,5-9,17-18H2,(H,19,23). The normalized spacial score (nSPS) is 31.0. The molecule has 23 heavy (non-hydrogen) atoms. The molecule has 0 aromatic carbocycles. The number of carbonyl (C=O) groups is 1. The number of hydrogen-bond donors (Lipinski definition) is 4. The Kier molecular flexibility index (Phi) is 5.11. The number of aliphatic hydroxyl groups is 1. The molecule has 6 N–H and O–H groups in total. The summed E-state index contributed by atoms with van der Waals surface area (Å²) in [5.41, 5.74) is 13.2. The molecule has 3 aliphatic rings. The number of carbonyl (C=O) groups excluding carboxylic acids is 1. The molecule has 2 heterocycles. The Hall–Kier alpha value is -1.28. The van der Waals surface area contributed by atoms with Gasteiger partial charge in [-0.15, -0.1) is 0 Å². The van der Waals surface area contributed by atoms with Crippen LogP contribution in [0, 0.1) is 5.92 Å². The molecule has 0 radical (unpaired) electrons. The third kappa shape index (κ3) is 3.98. The lowest BCUT2D eigenvalue weighted by Crippen LogP contribution is -2.47. The maximum absolute atomic E-state index is 12.2. The topological polar surface area (TPSA) is 117 Å². The van der Waals surface area contributed by atoms with Gasteiger partial charge in [-0.3, -0.25) is 14.7 Å². The zero-order chi connectivity index (χ0) is 16.4. The zero-order valence-corrected chi connectivity index (χ0v) is 13.4. The van der Waals surface area contributed by atoms with Crippen molar-refractivity contribution in [3.63, 3.8) is 0 Å². The molecule has 128 valence electrons. The van der Waals surface area contributed by atoms with Gasteiger partial charge in [0, 0.05) is 19.6 Å². The molecule has 3 unspecified atom stereocenters. The van der Waals surface area contributed by atoms with Crippen LogP contribution in [0.2, 0.25) is 0 Å². The minimum Gasteiger partial charge on any atom is -0.393 e. The summed E-state index contributed by atoms with van der Waals surface area (Å²) in [5.74, 6) is 0.385. The molecule has 0 spiro atoms. The Labute approximate surface area is 136 Å². The highest BCUT2D eigenvalue weighted by Crippen LogP contribution is 2.34. The van der Waals surface area contributed by atoms with Gasteiger partial charge in [-0.1, -0.05) is 11.6 Å². The van der Waals surface area contributed by atoms with Gasteiger partial charge in [0.25, 0.3) is 5.91 Å². The van der Waals surface area contributed by atoms with Gasteiger partial charge in [-0.2, -0.15) is 0 Å². The quantitative estimate of drug-likeness (QED) is 0.395. The van der Waals surface area contributed by atoms with Crippen molar-refractivity contribution in [3.8, 4) is 0 Å². The van der Waals surface area contributed by atoms with E-state index in [0.717, 1.165) is 38.8 Å². The van der Waals surface area contributed by atoms with Gasteiger partial charge < -0.3 is 21.9 Å². The van der Waals surface area contributed by atoms with Crippen molar-refractivity contribution in [1.29, 1.82) is 0 Å². The van der Waals surface area contributed by atoms with E-state index >= 15 is 0 Å². The van der Waals surface area contributed by atoms with E-state index < -0.39 is 6.29 Å². The first kappa shape index (κ1) is 16.6.